The van der Waals surface area contributed by atoms with Gasteiger partial charge < -0.3 is 15.2 Å². The van der Waals surface area contributed by atoms with Gasteiger partial charge >= 0.3 is 0 Å². The zero-order valence-electron chi connectivity index (χ0n) is 13.7. The van der Waals surface area contributed by atoms with Gasteiger partial charge in [0.1, 0.15) is 0 Å². The maximum atomic E-state index is 12.5. The molecule has 3 fully saturated rings. The molecule has 2 bridgehead atoms. The number of hydrogen-bond donors (Lipinski definition) is 2. The van der Waals surface area contributed by atoms with Gasteiger partial charge in [-0.1, -0.05) is 11.8 Å². The van der Waals surface area contributed by atoms with Crippen molar-refractivity contribution in [3.05, 3.63) is 48.2 Å². The van der Waals surface area contributed by atoms with Crippen molar-refractivity contribution < 1.29 is 4.79 Å². The summed E-state index contributed by atoms with van der Waals surface area (Å²) in [4.78, 5) is 19.3. The van der Waals surface area contributed by atoms with Crippen LogP contribution in [0.25, 0.3) is 0 Å². The van der Waals surface area contributed by atoms with Crippen molar-refractivity contribution in [2.45, 2.75) is 35.2 Å². The van der Waals surface area contributed by atoms with Crippen LogP contribution < -0.4 is 5.32 Å². The number of nitrogens with one attached hydrogen (secondary N) is 2. The summed E-state index contributed by atoms with van der Waals surface area (Å²) < 4.78 is 0. The van der Waals surface area contributed by atoms with E-state index in [1.165, 1.54) is 25.9 Å². The average molecular weight is 341 g/mol. The first kappa shape index (κ1) is 15.8. The van der Waals surface area contributed by atoms with Gasteiger partial charge in [-0.15, -0.1) is 0 Å². The monoisotopic (exact) mass is 341 g/mol. The molecule has 1 atom stereocenters. The Kier molecular flexibility index (Phi) is 4.63. The predicted molar refractivity (Wildman–Crippen MR) is 96.4 cm³/mol. The van der Waals surface area contributed by atoms with Gasteiger partial charge in [-0.25, -0.2) is 0 Å². The Hall–Kier alpha value is -1.72. The van der Waals surface area contributed by atoms with E-state index in [2.05, 4.69) is 15.2 Å². The van der Waals surface area contributed by atoms with Gasteiger partial charge in [-0.05, 0) is 74.7 Å². The molecule has 2 N–H and O–H groups in total. The van der Waals surface area contributed by atoms with Crippen LogP contribution in [0, 0.1) is 5.92 Å². The molecule has 5 rings (SSSR count). The normalized spacial score (nSPS) is 26.1. The number of benzene rings is 1. The Bertz CT molecular complexity index is 661. The van der Waals surface area contributed by atoms with E-state index < -0.39 is 0 Å². The lowest BCUT2D eigenvalue weighted by Gasteiger charge is -2.26. The zero-order valence-corrected chi connectivity index (χ0v) is 14.5. The van der Waals surface area contributed by atoms with Gasteiger partial charge in [0.05, 0.1) is 5.03 Å². The lowest BCUT2D eigenvalue weighted by Crippen LogP contribution is -2.41. The minimum atomic E-state index is 0.0546. The first-order chi connectivity index (χ1) is 11.8. The molecule has 1 aromatic carbocycles. The highest BCUT2D eigenvalue weighted by atomic mass is 32.2. The lowest BCUT2D eigenvalue weighted by atomic mass is 9.94. The third-order valence-electron chi connectivity index (χ3n) is 5.05. The fraction of sp³-hybridized carbons (Fsp3) is 0.421. The maximum absolute atomic E-state index is 12.5. The number of nitrogens with zero attached hydrogens (tertiary/aromatic N) is 1. The van der Waals surface area contributed by atoms with Crippen LogP contribution in [0.15, 0.2) is 52.5 Å². The quantitative estimate of drug-likeness (QED) is 0.896. The van der Waals surface area contributed by atoms with Crippen molar-refractivity contribution in [1.82, 2.24) is 15.2 Å². The molecule has 5 heteroatoms. The first-order valence-electron chi connectivity index (χ1n) is 8.71. The Morgan fingerprint density at radius 3 is 2.67 bits per heavy atom. The second kappa shape index (κ2) is 7.03. The lowest BCUT2D eigenvalue weighted by molar-refractivity contribution is 0.0929. The van der Waals surface area contributed by atoms with Crippen molar-refractivity contribution in [2.75, 3.05) is 19.6 Å². The number of piperidine rings is 1. The number of carbonyl (C=O) groups is 1. The molecule has 0 aliphatic carbocycles. The highest BCUT2D eigenvalue weighted by molar-refractivity contribution is 7.99. The summed E-state index contributed by atoms with van der Waals surface area (Å²) in [6, 6.07) is 12.2. The number of aromatic nitrogens is 1. The highest BCUT2D eigenvalue weighted by Crippen LogP contribution is 2.28. The average Bonchev–Trinajstić information content (AvgIpc) is 2.94. The van der Waals surface area contributed by atoms with Crippen molar-refractivity contribution in [3.8, 4) is 0 Å². The van der Waals surface area contributed by atoms with Gasteiger partial charge in [-0.3, -0.25) is 4.79 Å². The molecule has 4 heterocycles. The Morgan fingerprint density at radius 1 is 1.17 bits per heavy atom. The number of fused-ring (bicyclic) bond motifs is 4. The maximum Gasteiger partial charge on any atom is 0.251 e. The Balaban J connectivity index is 1.37. The molecule has 0 saturated carbocycles. The number of H-pyrrole nitrogens is 1. The predicted octanol–water partition coefficient (Wildman–Crippen LogP) is 3.38. The summed E-state index contributed by atoms with van der Waals surface area (Å²) in [5.41, 5.74) is 0.748. The first-order valence-corrected chi connectivity index (χ1v) is 9.52. The Labute approximate surface area is 147 Å². The highest BCUT2D eigenvalue weighted by Gasteiger charge is 2.29. The summed E-state index contributed by atoms with van der Waals surface area (Å²) in [6.45, 7) is 3.40. The molecule has 126 valence electrons. The molecule has 0 radical (unpaired) electrons. The number of amides is 1. The number of carbonyl (C=O) groups excluding carboxylic acids is 1. The van der Waals surface area contributed by atoms with Gasteiger partial charge in [0.25, 0.3) is 5.91 Å². The van der Waals surface area contributed by atoms with Crippen molar-refractivity contribution in [3.63, 3.8) is 0 Å². The van der Waals surface area contributed by atoms with Crippen molar-refractivity contribution >= 4 is 17.7 Å². The third-order valence-corrected chi connectivity index (χ3v) is 6.03. The molecular formula is C19H23N3OS. The van der Waals surface area contributed by atoms with Gasteiger partial charge in [0, 0.05) is 29.2 Å². The van der Waals surface area contributed by atoms with E-state index in [-0.39, 0.29) is 5.91 Å². The van der Waals surface area contributed by atoms with Crippen molar-refractivity contribution in [1.29, 1.82) is 0 Å². The van der Waals surface area contributed by atoms with E-state index in [0.29, 0.717) is 6.04 Å². The van der Waals surface area contributed by atoms with E-state index in [1.54, 1.807) is 11.8 Å². The molecule has 3 aliphatic heterocycles. The zero-order chi connectivity index (χ0) is 16.4. The smallest absolute Gasteiger partial charge is 0.251 e. The number of hydrogen-bond acceptors (Lipinski definition) is 3. The van der Waals surface area contributed by atoms with Crippen molar-refractivity contribution in [2.24, 2.45) is 5.92 Å². The second-order valence-corrected chi connectivity index (χ2v) is 7.93. The molecule has 3 aliphatic rings. The van der Waals surface area contributed by atoms with Crippen LogP contribution in [-0.2, 0) is 0 Å². The molecule has 1 aromatic heterocycles. The summed E-state index contributed by atoms with van der Waals surface area (Å²) in [5.74, 6) is 0.840. The number of aromatic amines is 1. The molecule has 0 spiro atoms. The summed E-state index contributed by atoms with van der Waals surface area (Å²) in [6.07, 6.45) is 5.62. The standard InChI is InChI=1S/C19H23N3OS/c23-19(21-16-12-14-7-10-22(13-16)11-8-14)15-3-5-17(6-4-15)24-18-2-1-9-20-18/h1-6,9,14,16,20H,7-8,10-13H2,(H,21,23). The van der Waals surface area contributed by atoms with Gasteiger partial charge in [0.2, 0.25) is 0 Å². The fourth-order valence-electron chi connectivity index (χ4n) is 3.75. The summed E-state index contributed by atoms with van der Waals surface area (Å²) >= 11 is 1.67. The minimum Gasteiger partial charge on any atom is -0.356 e. The van der Waals surface area contributed by atoms with E-state index in [9.17, 15) is 4.79 Å². The SMILES string of the molecule is O=C(NC1CC2CCN(CC2)C1)c1ccc(Sc2ccc[nH]2)cc1. The summed E-state index contributed by atoms with van der Waals surface area (Å²) in [7, 11) is 0. The molecule has 4 nitrogen and oxygen atoms in total. The molecule has 1 unspecified atom stereocenters. The molecule has 2 aromatic rings. The van der Waals surface area contributed by atoms with E-state index >= 15 is 0 Å². The Morgan fingerprint density at radius 2 is 1.96 bits per heavy atom. The molecular weight excluding hydrogens is 318 g/mol. The fourth-order valence-corrected chi connectivity index (χ4v) is 4.54. The number of rotatable bonds is 4. The van der Waals surface area contributed by atoms with Gasteiger partial charge in [-0.2, -0.15) is 0 Å². The van der Waals surface area contributed by atoms with Crippen LogP contribution in [0.1, 0.15) is 29.6 Å². The topological polar surface area (TPSA) is 48.1 Å². The summed E-state index contributed by atoms with van der Waals surface area (Å²) in [5, 5.41) is 4.35. The van der Waals surface area contributed by atoms with Crippen LogP contribution >= 0.6 is 11.8 Å². The van der Waals surface area contributed by atoms with Crippen LogP contribution in [0.5, 0.6) is 0 Å². The molecule has 3 saturated heterocycles. The van der Waals surface area contributed by atoms with Gasteiger partial charge in [0.15, 0.2) is 0 Å². The van der Waals surface area contributed by atoms with Crippen LogP contribution in [0.3, 0.4) is 0 Å². The van der Waals surface area contributed by atoms with Crippen LogP contribution in [-0.4, -0.2) is 41.5 Å². The van der Waals surface area contributed by atoms with E-state index in [4.69, 9.17) is 0 Å². The molecule has 1 amide bonds. The second-order valence-electron chi connectivity index (χ2n) is 6.81. The van der Waals surface area contributed by atoms with Crippen LogP contribution in [0.4, 0.5) is 0 Å². The molecule has 24 heavy (non-hydrogen) atoms. The largest absolute Gasteiger partial charge is 0.356 e. The minimum absolute atomic E-state index is 0.0546. The van der Waals surface area contributed by atoms with E-state index in [0.717, 1.165) is 34.4 Å². The van der Waals surface area contributed by atoms with Crippen LogP contribution in [0.2, 0.25) is 0 Å². The third kappa shape index (κ3) is 3.68. The van der Waals surface area contributed by atoms with E-state index in [1.807, 2.05) is 42.6 Å².